The van der Waals surface area contributed by atoms with Gasteiger partial charge >= 0.3 is 0 Å². The molecule has 0 radical (unpaired) electrons. The van der Waals surface area contributed by atoms with Crippen LogP contribution in [-0.2, 0) is 7.05 Å². The molecule has 0 aliphatic heterocycles. The number of nitrogens with zero attached hydrogens (tertiary/aromatic N) is 3. The van der Waals surface area contributed by atoms with Gasteiger partial charge in [-0.05, 0) is 26.0 Å². The minimum Gasteiger partial charge on any atom is -0.287 e. The summed E-state index contributed by atoms with van der Waals surface area (Å²) in [5.74, 6) is -0.983. The highest BCUT2D eigenvalue weighted by atomic mass is 19.1. The average molecular weight is 233 g/mol. The lowest BCUT2D eigenvalue weighted by Crippen LogP contribution is -2.05. The van der Waals surface area contributed by atoms with Crippen LogP contribution in [0.4, 0.5) is 4.39 Å². The van der Waals surface area contributed by atoms with Gasteiger partial charge in [0.1, 0.15) is 0 Å². The smallest absolute Gasteiger partial charge is 0.216 e. The van der Waals surface area contributed by atoms with E-state index in [9.17, 15) is 9.18 Å². The van der Waals surface area contributed by atoms with Crippen LogP contribution in [0.5, 0.6) is 0 Å². The van der Waals surface area contributed by atoms with E-state index < -0.39 is 11.6 Å². The van der Waals surface area contributed by atoms with Crippen molar-refractivity contribution < 1.29 is 9.18 Å². The number of carbonyl (C=O) groups is 1. The second-order valence-corrected chi connectivity index (χ2v) is 3.89. The fraction of sp³-hybridized carbons (Fsp3) is 0.250. The number of hydrogen-bond acceptors (Lipinski definition) is 3. The monoisotopic (exact) mass is 233 g/mol. The van der Waals surface area contributed by atoms with Crippen LogP contribution in [0.1, 0.15) is 27.4 Å². The van der Waals surface area contributed by atoms with E-state index in [-0.39, 0.29) is 5.69 Å². The summed E-state index contributed by atoms with van der Waals surface area (Å²) in [6.07, 6.45) is 1.52. The Morgan fingerprint density at radius 3 is 2.65 bits per heavy atom. The van der Waals surface area contributed by atoms with Gasteiger partial charge in [0.2, 0.25) is 5.78 Å². The Labute approximate surface area is 98.1 Å². The van der Waals surface area contributed by atoms with Gasteiger partial charge in [-0.1, -0.05) is 0 Å². The van der Waals surface area contributed by atoms with Gasteiger partial charge in [-0.25, -0.2) is 4.39 Å². The van der Waals surface area contributed by atoms with Crippen LogP contribution in [0.15, 0.2) is 18.3 Å². The van der Waals surface area contributed by atoms with Crippen LogP contribution in [0.25, 0.3) is 0 Å². The predicted octanol–water partition coefficient (Wildman–Crippen LogP) is 1.80. The van der Waals surface area contributed by atoms with E-state index in [4.69, 9.17) is 0 Å². The maximum Gasteiger partial charge on any atom is 0.216 e. The van der Waals surface area contributed by atoms with Crippen LogP contribution in [-0.4, -0.2) is 20.5 Å². The molecular formula is C12H12FN3O. The van der Waals surface area contributed by atoms with Crippen molar-refractivity contribution in [2.45, 2.75) is 13.8 Å². The van der Waals surface area contributed by atoms with Crippen LogP contribution in [0, 0.1) is 19.7 Å². The number of aromatic nitrogens is 3. The van der Waals surface area contributed by atoms with Crippen molar-refractivity contribution in [3.8, 4) is 0 Å². The van der Waals surface area contributed by atoms with E-state index in [2.05, 4.69) is 10.1 Å². The lowest BCUT2D eigenvalue weighted by Gasteiger charge is -1.98. The highest BCUT2D eigenvalue weighted by Crippen LogP contribution is 2.15. The first-order chi connectivity index (χ1) is 8.00. The Hall–Kier alpha value is -2.04. The Morgan fingerprint density at radius 2 is 2.12 bits per heavy atom. The van der Waals surface area contributed by atoms with E-state index >= 15 is 0 Å². The highest BCUT2D eigenvalue weighted by Gasteiger charge is 2.21. The Kier molecular flexibility index (Phi) is 2.75. The molecule has 0 N–H and O–H groups in total. The molecule has 0 saturated heterocycles. The molecule has 4 nitrogen and oxygen atoms in total. The summed E-state index contributed by atoms with van der Waals surface area (Å²) in [5, 5.41) is 3.89. The third kappa shape index (κ3) is 1.95. The van der Waals surface area contributed by atoms with Crippen molar-refractivity contribution in [1.29, 1.82) is 0 Å². The second-order valence-electron chi connectivity index (χ2n) is 3.89. The van der Waals surface area contributed by atoms with E-state index in [1.165, 1.54) is 10.9 Å². The van der Waals surface area contributed by atoms with Gasteiger partial charge in [-0.2, -0.15) is 5.10 Å². The topological polar surface area (TPSA) is 47.8 Å². The lowest BCUT2D eigenvalue weighted by molar-refractivity contribution is 0.103. The van der Waals surface area contributed by atoms with Crippen molar-refractivity contribution in [1.82, 2.24) is 14.8 Å². The van der Waals surface area contributed by atoms with Gasteiger partial charge in [0, 0.05) is 24.5 Å². The molecule has 5 heteroatoms. The van der Waals surface area contributed by atoms with E-state index in [0.717, 1.165) is 0 Å². The molecule has 2 heterocycles. The number of pyridine rings is 1. The molecular weight excluding hydrogens is 221 g/mol. The van der Waals surface area contributed by atoms with Crippen molar-refractivity contribution in [3.05, 3.63) is 46.8 Å². The van der Waals surface area contributed by atoms with Gasteiger partial charge in [-0.15, -0.1) is 0 Å². The third-order valence-corrected chi connectivity index (χ3v) is 2.63. The Morgan fingerprint density at radius 1 is 1.41 bits per heavy atom. The predicted molar refractivity (Wildman–Crippen MR) is 60.3 cm³/mol. The number of hydrogen-bond donors (Lipinski definition) is 0. The van der Waals surface area contributed by atoms with Crippen LogP contribution in [0.3, 0.4) is 0 Å². The molecule has 2 aromatic rings. The molecule has 0 aliphatic rings. The molecule has 0 fully saturated rings. The standard InChI is InChI=1S/C12H12FN3O/c1-7-6-9(4-5-14-7)12(17)11-10(13)8(2)16(3)15-11/h4-6H,1-3H3. The van der Waals surface area contributed by atoms with E-state index in [1.807, 2.05) is 0 Å². The molecule has 0 atom stereocenters. The van der Waals surface area contributed by atoms with Crippen LogP contribution >= 0.6 is 0 Å². The average Bonchev–Trinajstić information content (AvgIpc) is 2.56. The van der Waals surface area contributed by atoms with Gasteiger partial charge in [0.25, 0.3) is 0 Å². The summed E-state index contributed by atoms with van der Waals surface area (Å²) in [4.78, 5) is 16.0. The molecule has 0 unspecified atom stereocenters. The SMILES string of the molecule is Cc1cc(C(=O)c2nn(C)c(C)c2F)ccn1. The number of aryl methyl sites for hydroxylation is 2. The molecule has 0 amide bonds. The minimum absolute atomic E-state index is 0.143. The number of carbonyl (C=O) groups excluding carboxylic acids is 1. The fourth-order valence-corrected chi connectivity index (χ4v) is 1.55. The molecule has 2 aromatic heterocycles. The van der Waals surface area contributed by atoms with Crippen molar-refractivity contribution in [2.75, 3.05) is 0 Å². The fourth-order valence-electron chi connectivity index (χ4n) is 1.55. The summed E-state index contributed by atoms with van der Waals surface area (Å²) in [5.41, 5.74) is 1.31. The quantitative estimate of drug-likeness (QED) is 0.743. The summed E-state index contributed by atoms with van der Waals surface area (Å²) in [7, 11) is 1.60. The molecule has 0 saturated carbocycles. The first kappa shape index (κ1) is 11.4. The first-order valence-electron chi connectivity index (χ1n) is 5.17. The van der Waals surface area contributed by atoms with E-state index in [1.54, 1.807) is 33.0 Å². The van der Waals surface area contributed by atoms with Crippen molar-refractivity contribution in [3.63, 3.8) is 0 Å². The summed E-state index contributed by atoms with van der Waals surface area (Å²) >= 11 is 0. The second kappa shape index (κ2) is 4.08. The molecule has 17 heavy (non-hydrogen) atoms. The van der Waals surface area contributed by atoms with Gasteiger partial charge in [-0.3, -0.25) is 14.5 Å². The zero-order valence-corrected chi connectivity index (χ0v) is 9.86. The Bertz CT molecular complexity index is 589. The number of ketones is 1. The maximum atomic E-state index is 13.7. The third-order valence-electron chi connectivity index (χ3n) is 2.63. The number of halogens is 1. The van der Waals surface area contributed by atoms with Gasteiger partial charge in [0.15, 0.2) is 11.5 Å². The summed E-state index contributed by atoms with van der Waals surface area (Å²) in [6.45, 7) is 3.35. The summed E-state index contributed by atoms with van der Waals surface area (Å²) in [6, 6.07) is 3.17. The largest absolute Gasteiger partial charge is 0.287 e. The molecule has 0 spiro atoms. The first-order valence-corrected chi connectivity index (χ1v) is 5.17. The molecule has 0 aliphatic carbocycles. The number of rotatable bonds is 2. The van der Waals surface area contributed by atoms with Gasteiger partial charge < -0.3 is 0 Å². The highest BCUT2D eigenvalue weighted by molar-refractivity contribution is 6.07. The summed E-state index contributed by atoms with van der Waals surface area (Å²) < 4.78 is 15.1. The van der Waals surface area contributed by atoms with Crippen molar-refractivity contribution >= 4 is 5.78 Å². The normalized spacial score (nSPS) is 10.6. The molecule has 0 aromatic carbocycles. The Balaban J connectivity index is 2.47. The zero-order chi connectivity index (χ0) is 12.6. The van der Waals surface area contributed by atoms with Crippen molar-refractivity contribution in [2.24, 2.45) is 7.05 Å². The van der Waals surface area contributed by atoms with Crippen LogP contribution < -0.4 is 0 Å². The molecule has 0 bridgehead atoms. The minimum atomic E-state index is -0.563. The van der Waals surface area contributed by atoms with E-state index in [0.29, 0.717) is 17.0 Å². The maximum absolute atomic E-state index is 13.7. The van der Waals surface area contributed by atoms with Crippen LogP contribution in [0.2, 0.25) is 0 Å². The lowest BCUT2D eigenvalue weighted by atomic mass is 10.1. The van der Waals surface area contributed by atoms with Gasteiger partial charge in [0.05, 0.1) is 5.69 Å². The molecule has 2 rings (SSSR count). The molecule has 88 valence electrons. The zero-order valence-electron chi connectivity index (χ0n) is 9.86.